The number of hydrogen-bond donors (Lipinski definition) is 4. The van der Waals surface area contributed by atoms with Crippen molar-refractivity contribution in [3.05, 3.63) is 0 Å². The summed E-state index contributed by atoms with van der Waals surface area (Å²) < 4.78 is 0. The Bertz CT molecular complexity index is 31.1. The minimum atomic E-state index is -1.83. The molecule has 7 heavy (non-hydrogen) atoms. The Morgan fingerprint density at radius 2 is 1.14 bits per heavy atom. The molecule has 6 heteroatoms. The average Bonchev–Trinajstić information content (AvgIpc) is 1.41. The summed E-state index contributed by atoms with van der Waals surface area (Å²) >= 11 is 0. The third kappa shape index (κ3) is 631. The molecule has 0 aromatic heterocycles. The van der Waals surface area contributed by atoms with E-state index in [2.05, 4.69) is 0 Å². The zero-order chi connectivity index (χ0) is 5.58. The molecular weight excluding hydrogens is 257 g/mol. The van der Waals surface area contributed by atoms with E-state index < -0.39 is 6.16 Å². The molecule has 5 nitrogen and oxygen atoms in total. The first kappa shape index (κ1) is 15.7. The van der Waals surface area contributed by atoms with Crippen LogP contribution in [0.1, 0.15) is 0 Å². The van der Waals surface area contributed by atoms with Crippen LogP contribution in [0.4, 0.5) is 4.79 Å². The van der Waals surface area contributed by atoms with Crippen molar-refractivity contribution in [2.24, 2.45) is 0 Å². The summed E-state index contributed by atoms with van der Waals surface area (Å²) in [5, 5.41) is 25.9. The number of rotatable bonds is 0. The molecule has 0 aliphatic heterocycles. The van der Waals surface area contributed by atoms with Crippen LogP contribution in [0, 0.1) is 37.7 Å². The van der Waals surface area contributed by atoms with Gasteiger partial charge in [0.15, 0.2) is 0 Å². The van der Waals surface area contributed by atoms with E-state index >= 15 is 0 Å². The molecule has 49 valence electrons. The molecule has 0 saturated heterocycles. The van der Waals surface area contributed by atoms with Gasteiger partial charge in [0.1, 0.15) is 0 Å². The SMILES string of the molecule is O=C(O)O.OO.[Ho]. The number of carbonyl (C=O) groups is 1. The van der Waals surface area contributed by atoms with E-state index in [1.165, 1.54) is 0 Å². The third-order valence-corrected chi connectivity index (χ3v) is 0. The fraction of sp³-hybridized carbons (Fsp3) is 0. The van der Waals surface area contributed by atoms with Gasteiger partial charge in [-0.2, -0.15) is 0 Å². The summed E-state index contributed by atoms with van der Waals surface area (Å²) in [6, 6.07) is 0. The van der Waals surface area contributed by atoms with E-state index in [0.29, 0.717) is 0 Å². The van der Waals surface area contributed by atoms with Gasteiger partial charge in [0, 0.05) is 37.7 Å². The fourth-order valence-electron chi connectivity index (χ4n) is 0. The Hall–Kier alpha value is 0.450. The molecular formula is CH4HoO5. The van der Waals surface area contributed by atoms with Gasteiger partial charge < -0.3 is 10.2 Å². The molecule has 1 radical (unpaired) electrons. The van der Waals surface area contributed by atoms with Crippen LogP contribution in [0.5, 0.6) is 0 Å². The van der Waals surface area contributed by atoms with Gasteiger partial charge in [0.2, 0.25) is 0 Å². The quantitative estimate of drug-likeness (QED) is 0.284. The molecule has 0 unspecified atom stereocenters. The maximum Gasteiger partial charge on any atom is 0.503 e. The van der Waals surface area contributed by atoms with Crippen molar-refractivity contribution in [2.75, 3.05) is 0 Å². The monoisotopic (exact) mass is 261 g/mol. The second-order valence-corrected chi connectivity index (χ2v) is 0.283. The number of hydrogen-bond acceptors (Lipinski definition) is 3. The first-order valence-corrected chi connectivity index (χ1v) is 0.851. The summed E-state index contributed by atoms with van der Waals surface area (Å²) in [5.41, 5.74) is 0. The first-order valence-electron chi connectivity index (χ1n) is 0.851. The Morgan fingerprint density at radius 3 is 1.14 bits per heavy atom. The average molecular weight is 261 g/mol. The second kappa shape index (κ2) is 16.1. The molecule has 4 N–H and O–H groups in total. The molecule has 0 aliphatic rings. The summed E-state index contributed by atoms with van der Waals surface area (Å²) in [6.07, 6.45) is -1.83. The fourth-order valence-corrected chi connectivity index (χ4v) is 0. The molecule has 0 atom stereocenters. The van der Waals surface area contributed by atoms with Crippen molar-refractivity contribution >= 4 is 6.16 Å². The largest absolute Gasteiger partial charge is 0.503 e. The van der Waals surface area contributed by atoms with E-state index in [1.54, 1.807) is 0 Å². The topological polar surface area (TPSA) is 98.0 Å². The standard InChI is InChI=1S/CH2O3.Ho.H2O2/c2-1(3)4;;1-2/h(H2,2,3,4);;1-2H. The van der Waals surface area contributed by atoms with E-state index in [4.69, 9.17) is 25.5 Å². The molecule has 0 spiro atoms. The molecule has 0 amide bonds. The third-order valence-electron chi connectivity index (χ3n) is 0. The minimum Gasteiger partial charge on any atom is -0.450 e. The smallest absolute Gasteiger partial charge is 0.450 e. The van der Waals surface area contributed by atoms with Crippen molar-refractivity contribution < 1.29 is 63.3 Å². The van der Waals surface area contributed by atoms with Crippen LogP contribution in [0.2, 0.25) is 0 Å². The minimum absolute atomic E-state index is 0. The van der Waals surface area contributed by atoms with E-state index in [-0.39, 0.29) is 37.7 Å². The van der Waals surface area contributed by atoms with E-state index in [0.717, 1.165) is 0 Å². The van der Waals surface area contributed by atoms with Crippen LogP contribution < -0.4 is 0 Å². The van der Waals surface area contributed by atoms with Gasteiger partial charge in [-0.15, -0.1) is 0 Å². The predicted molar refractivity (Wildman–Crippen MR) is 15.9 cm³/mol. The van der Waals surface area contributed by atoms with Crippen LogP contribution in [0.3, 0.4) is 0 Å². The van der Waals surface area contributed by atoms with Gasteiger partial charge in [-0.1, -0.05) is 0 Å². The summed E-state index contributed by atoms with van der Waals surface area (Å²) in [5.74, 6) is 0. The van der Waals surface area contributed by atoms with Gasteiger partial charge >= 0.3 is 6.16 Å². The maximum absolute atomic E-state index is 8.56. The van der Waals surface area contributed by atoms with Crippen LogP contribution in [-0.4, -0.2) is 26.9 Å². The molecule has 0 heterocycles. The normalized spacial score (nSPS) is 4.29. The van der Waals surface area contributed by atoms with Crippen molar-refractivity contribution in [3.8, 4) is 0 Å². The van der Waals surface area contributed by atoms with Gasteiger partial charge in [-0.3, -0.25) is 10.5 Å². The predicted octanol–water partition coefficient (Wildman–Crippen LogP) is 0.240. The van der Waals surface area contributed by atoms with Crippen molar-refractivity contribution in [3.63, 3.8) is 0 Å². The zero-order valence-corrected chi connectivity index (χ0v) is 4.93. The molecule has 0 rings (SSSR count). The molecule has 0 fully saturated rings. The molecule has 0 aliphatic carbocycles. The van der Waals surface area contributed by atoms with Crippen LogP contribution in [-0.2, 0) is 0 Å². The zero-order valence-electron chi connectivity index (χ0n) is 3.00. The Morgan fingerprint density at radius 1 is 1.14 bits per heavy atom. The second-order valence-electron chi connectivity index (χ2n) is 0.283. The molecule has 0 aromatic carbocycles. The van der Waals surface area contributed by atoms with Crippen LogP contribution in [0.15, 0.2) is 0 Å². The van der Waals surface area contributed by atoms with Crippen LogP contribution >= 0.6 is 0 Å². The molecule has 0 bridgehead atoms. The Kier molecular flexibility index (Phi) is 36.0. The van der Waals surface area contributed by atoms with Gasteiger partial charge in [0.25, 0.3) is 0 Å². The Balaban J connectivity index is -0.0000000480. The summed E-state index contributed by atoms with van der Waals surface area (Å²) in [4.78, 5) is 8.56. The van der Waals surface area contributed by atoms with E-state index in [9.17, 15) is 0 Å². The maximum atomic E-state index is 8.56. The Labute approximate surface area is 69.1 Å². The van der Waals surface area contributed by atoms with Crippen molar-refractivity contribution in [2.45, 2.75) is 0 Å². The van der Waals surface area contributed by atoms with Crippen molar-refractivity contribution in [1.29, 1.82) is 0 Å². The summed E-state index contributed by atoms with van der Waals surface area (Å²) in [7, 11) is 0. The van der Waals surface area contributed by atoms with E-state index in [1.807, 2.05) is 0 Å². The van der Waals surface area contributed by atoms with Crippen molar-refractivity contribution in [1.82, 2.24) is 0 Å². The van der Waals surface area contributed by atoms with Gasteiger partial charge in [0.05, 0.1) is 0 Å². The van der Waals surface area contributed by atoms with Gasteiger partial charge in [-0.05, 0) is 0 Å². The summed E-state index contributed by atoms with van der Waals surface area (Å²) in [6.45, 7) is 0. The molecule has 0 aromatic rings. The van der Waals surface area contributed by atoms with Gasteiger partial charge in [-0.25, -0.2) is 4.79 Å². The van der Waals surface area contributed by atoms with Crippen LogP contribution in [0.25, 0.3) is 0 Å². The molecule has 0 saturated carbocycles. The first-order chi connectivity index (χ1) is 2.73. The number of carboxylic acid groups (broad SMARTS) is 2.